The summed E-state index contributed by atoms with van der Waals surface area (Å²) in [5.74, 6) is 0. The summed E-state index contributed by atoms with van der Waals surface area (Å²) in [4.78, 5) is 12.9. The Morgan fingerprint density at radius 2 is 2.50 bits per heavy atom. The molecule has 0 radical (unpaired) electrons. The molecular weight excluding hydrogens is 156 g/mol. The molecule has 70 valence electrons. The summed E-state index contributed by atoms with van der Waals surface area (Å²) in [5, 5.41) is 3.04. The topological polar surface area (TPSA) is 41.6 Å². The predicted molar refractivity (Wildman–Crippen MR) is 46.1 cm³/mol. The largest absolute Gasteiger partial charge is 0.447 e. The van der Waals surface area contributed by atoms with E-state index in [9.17, 15) is 4.79 Å². The SMILES string of the molecule is CCCN1C(=O)OCC1CNC. The summed E-state index contributed by atoms with van der Waals surface area (Å²) >= 11 is 0. The van der Waals surface area contributed by atoms with E-state index in [2.05, 4.69) is 12.2 Å². The Morgan fingerprint density at radius 3 is 3.08 bits per heavy atom. The molecule has 1 saturated heterocycles. The third-order valence-electron chi connectivity index (χ3n) is 1.98. The standard InChI is InChI=1S/C8H16N2O2/c1-3-4-10-7(5-9-2)6-12-8(10)11/h7,9H,3-6H2,1-2H3. The van der Waals surface area contributed by atoms with E-state index in [4.69, 9.17) is 4.74 Å². The first-order chi connectivity index (χ1) is 5.79. The molecule has 4 nitrogen and oxygen atoms in total. The number of likely N-dealkylation sites (N-methyl/N-ethyl adjacent to an activating group) is 1. The van der Waals surface area contributed by atoms with Gasteiger partial charge in [-0.15, -0.1) is 0 Å². The number of ether oxygens (including phenoxy) is 1. The summed E-state index contributed by atoms with van der Waals surface area (Å²) in [6, 6.07) is 0.224. The van der Waals surface area contributed by atoms with Crippen LogP contribution in [0.4, 0.5) is 4.79 Å². The van der Waals surface area contributed by atoms with Crippen LogP contribution in [-0.2, 0) is 4.74 Å². The first kappa shape index (κ1) is 9.32. The summed E-state index contributed by atoms with van der Waals surface area (Å²) in [6.45, 7) is 4.19. The van der Waals surface area contributed by atoms with Crippen LogP contribution in [0.3, 0.4) is 0 Å². The van der Waals surface area contributed by atoms with Crippen LogP contribution in [0, 0.1) is 0 Å². The van der Waals surface area contributed by atoms with Crippen LogP contribution in [0.25, 0.3) is 0 Å². The van der Waals surface area contributed by atoms with Gasteiger partial charge < -0.3 is 15.0 Å². The Morgan fingerprint density at radius 1 is 1.75 bits per heavy atom. The Kier molecular flexibility index (Phi) is 3.34. The Balaban J connectivity index is 2.45. The second kappa shape index (κ2) is 4.30. The van der Waals surface area contributed by atoms with Crippen molar-refractivity contribution in [1.82, 2.24) is 10.2 Å². The van der Waals surface area contributed by atoms with E-state index in [1.54, 1.807) is 4.90 Å². The van der Waals surface area contributed by atoms with Crippen molar-refractivity contribution in [2.45, 2.75) is 19.4 Å². The summed E-state index contributed by atoms with van der Waals surface area (Å²) in [7, 11) is 1.88. The van der Waals surface area contributed by atoms with Gasteiger partial charge in [-0.1, -0.05) is 6.92 Å². The molecule has 0 aromatic heterocycles. The van der Waals surface area contributed by atoms with E-state index in [0.29, 0.717) is 6.61 Å². The maximum atomic E-state index is 11.1. The van der Waals surface area contributed by atoms with E-state index in [0.717, 1.165) is 19.5 Å². The molecule has 0 saturated carbocycles. The van der Waals surface area contributed by atoms with Gasteiger partial charge in [0.05, 0.1) is 6.04 Å². The van der Waals surface area contributed by atoms with Crippen molar-refractivity contribution < 1.29 is 9.53 Å². The van der Waals surface area contributed by atoms with Gasteiger partial charge in [-0.3, -0.25) is 0 Å². The zero-order chi connectivity index (χ0) is 8.97. The zero-order valence-corrected chi connectivity index (χ0v) is 7.67. The molecule has 1 aliphatic heterocycles. The number of carbonyl (C=O) groups is 1. The third-order valence-corrected chi connectivity index (χ3v) is 1.98. The van der Waals surface area contributed by atoms with Gasteiger partial charge in [0.2, 0.25) is 0 Å². The van der Waals surface area contributed by atoms with E-state index in [1.807, 2.05) is 7.05 Å². The minimum absolute atomic E-state index is 0.169. The molecular formula is C8H16N2O2. The number of cyclic esters (lactones) is 1. The molecule has 1 unspecified atom stereocenters. The maximum absolute atomic E-state index is 11.1. The molecule has 1 fully saturated rings. The number of hydrogen-bond acceptors (Lipinski definition) is 3. The number of amides is 1. The minimum atomic E-state index is -0.169. The highest BCUT2D eigenvalue weighted by atomic mass is 16.6. The average molecular weight is 172 g/mol. The summed E-state index contributed by atoms with van der Waals surface area (Å²) in [5.41, 5.74) is 0. The molecule has 1 atom stereocenters. The Bertz CT molecular complexity index is 161. The van der Waals surface area contributed by atoms with Gasteiger partial charge in [-0.25, -0.2) is 4.79 Å². The molecule has 12 heavy (non-hydrogen) atoms. The van der Waals surface area contributed by atoms with Crippen LogP contribution in [0.15, 0.2) is 0 Å². The lowest BCUT2D eigenvalue weighted by molar-refractivity contribution is 0.157. The number of carbonyl (C=O) groups excluding carboxylic acids is 1. The Hall–Kier alpha value is -0.770. The van der Waals surface area contributed by atoms with Crippen LogP contribution in [0.5, 0.6) is 0 Å². The first-order valence-corrected chi connectivity index (χ1v) is 4.37. The van der Waals surface area contributed by atoms with Crippen molar-refractivity contribution in [3.05, 3.63) is 0 Å². The average Bonchev–Trinajstić information content (AvgIpc) is 2.37. The second-order valence-corrected chi connectivity index (χ2v) is 2.98. The van der Waals surface area contributed by atoms with Crippen molar-refractivity contribution in [3.63, 3.8) is 0 Å². The van der Waals surface area contributed by atoms with E-state index >= 15 is 0 Å². The normalized spacial score (nSPS) is 23.0. The number of nitrogens with one attached hydrogen (secondary N) is 1. The Labute approximate surface area is 72.9 Å². The summed E-state index contributed by atoms with van der Waals surface area (Å²) < 4.78 is 4.93. The van der Waals surface area contributed by atoms with Gasteiger partial charge in [0.1, 0.15) is 6.61 Å². The maximum Gasteiger partial charge on any atom is 0.410 e. The molecule has 1 aliphatic rings. The van der Waals surface area contributed by atoms with Gasteiger partial charge in [-0.2, -0.15) is 0 Å². The lowest BCUT2D eigenvalue weighted by Gasteiger charge is -2.19. The number of hydrogen-bond donors (Lipinski definition) is 1. The zero-order valence-electron chi connectivity index (χ0n) is 7.67. The molecule has 1 rings (SSSR count). The fourth-order valence-electron chi connectivity index (χ4n) is 1.41. The quantitative estimate of drug-likeness (QED) is 0.669. The highest BCUT2D eigenvalue weighted by molar-refractivity contribution is 5.70. The molecule has 0 spiro atoms. The van der Waals surface area contributed by atoms with Gasteiger partial charge in [0, 0.05) is 13.1 Å². The lowest BCUT2D eigenvalue weighted by Crippen LogP contribution is -2.40. The van der Waals surface area contributed by atoms with E-state index in [-0.39, 0.29) is 12.1 Å². The monoisotopic (exact) mass is 172 g/mol. The first-order valence-electron chi connectivity index (χ1n) is 4.37. The fraction of sp³-hybridized carbons (Fsp3) is 0.875. The molecule has 4 heteroatoms. The number of rotatable bonds is 4. The fourth-order valence-corrected chi connectivity index (χ4v) is 1.41. The number of nitrogens with zero attached hydrogens (tertiary/aromatic N) is 1. The van der Waals surface area contributed by atoms with E-state index in [1.165, 1.54) is 0 Å². The van der Waals surface area contributed by atoms with Crippen molar-refractivity contribution in [3.8, 4) is 0 Å². The minimum Gasteiger partial charge on any atom is -0.447 e. The van der Waals surface area contributed by atoms with Crippen LogP contribution in [0.2, 0.25) is 0 Å². The molecule has 0 aromatic carbocycles. The smallest absolute Gasteiger partial charge is 0.410 e. The lowest BCUT2D eigenvalue weighted by atomic mass is 10.3. The molecule has 1 N–H and O–H groups in total. The summed E-state index contributed by atoms with van der Waals surface area (Å²) in [6.07, 6.45) is 0.812. The van der Waals surface area contributed by atoms with Crippen molar-refractivity contribution >= 4 is 6.09 Å². The molecule has 0 bridgehead atoms. The molecule has 0 aromatic rings. The van der Waals surface area contributed by atoms with Crippen LogP contribution in [-0.4, -0.2) is 43.8 Å². The van der Waals surface area contributed by atoms with Crippen LogP contribution >= 0.6 is 0 Å². The third kappa shape index (κ3) is 1.88. The van der Waals surface area contributed by atoms with Gasteiger partial charge in [0.15, 0.2) is 0 Å². The van der Waals surface area contributed by atoms with Crippen molar-refractivity contribution in [1.29, 1.82) is 0 Å². The van der Waals surface area contributed by atoms with Gasteiger partial charge in [-0.05, 0) is 13.5 Å². The molecule has 0 aliphatic carbocycles. The van der Waals surface area contributed by atoms with Crippen molar-refractivity contribution in [2.75, 3.05) is 26.7 Å². The second-order valence-electron chi connectivity index (χ2n) is 2.98. The van der Waals surface area contributed by atoms with E-state index < -0.39 is 0 Å². The van der Waals surface area contributed by atoms with Crippen molar-refractivity contribution in [2.24, 2.45) is 0 Å². The highest BCUT2D eigenvalue weighted by Crippen LogP contribution is 2.11. The molecule has 1 amide bonds. The van der Waals surface area contributed by atoms with Gasteiger partial charge >= 0.3 is 6.09 Å². The van der Waals surface area contributed by atoms with Gasteiger partial charge in [0.25, 0.3) is 0 Å². The predicted octanol–water partition coefficient (Wildman–Crippen LogP) is 0.437. The van der Waals surface area contributed by atoms with Crippen LogP contribution < -0.4 is 5.32 Å². The highest BCUT2D eigenvalue weighted by Gasteiger charge is 2.31. The van der Waals surface area contributed by atoms with Crippen LogP contribution in [0.1, 0.15) is 13.3 Å². The molecule has 1 heterocycles.